The van der Waals surface area contributed by atoms with Crippen molar-refractivity contribution in [3.63, 3.8) is 0 Å². The molecule has 0 radical (unpaired) electrons. The van der Waals surface area contributed by atoms with Crippen molar-refractivity contribution in [2.24, 2.45) is 0 Å². The van der Waals surface area contributed by atoms with Crippen molar-refractivity contribution in [1.82, 2.24) is 10.2 Å². The summed E-state index contributed by atoms with van der Waals surface area (Å²) in [4.78, 5) is 14.0. The zero-order valence-corrected chi connectivity index (χ0v) is 11.2. The van der Waals surface area contributed by atoms with Gasteiger partial charge in [0.05, 0.1) is 12.2 Å². The molecule has 0 saturated carbocycles. The fourth-order valence-electron chi connectivity index (χ4n) is 1.69. The van der Waals surface area contributed by atoms with Gasteiger partial charge in [0.1, 0.15) is 0 Å². The third-order valence-corrected chi connectivity index (χ3v) is 4.48. The highest BCUT2D eigenvalue weighted by molar-refractivity contribution is 7.99. The maximum absolute atomic E-state index is 12.1. The minimum absolute atomic E-state index is 0.135. The Bertz CT molecular complexity index is 255. The van der Waals surface area contributed by atoms with Gasteiger partial charge < -0.3 is 4.90 Å². The smallest absolute Gasteiger partial charge is 0.243 e. The van der Waals surface area contributed by atoms with Crippen LogP contribution < -0.4 is 5.32 Å². The minimum atomic E-state index is -0.339. The number of rotatable bonds is 4. The third kappa shape index (κ3) is 2.67. The van der Waals surface area contributed by atoms with Gasteiger partial charge in [0, 0.05) is 11.3 Å². The van der Waals surface area contributed by atoms with E-state index in [4.69, 9.17) is 0 Å². The second-order valence-electron chi connectivity index (χ2n) is 4.99. The molecule has 0 bridgehead atoms. The molecular formula is C11H22N2OS. The summed E-state index contributed by atoms with van der Waals surface area (Å²) in [6.45, 7) is 9.89. The first-order valence-corrected chi connectivity index (χ1v) is 6.67. The standard InChI is InChI=1S/C11H22N2OS/c1-6-11(4)9(14)13(8-12-11)7-10(2,3)15-5/h12H,6-8H2,1-5H3. The molecule has 0 aromatic carbocycles. The molecule has 1 atom stereocenters. The van der Waals surface area contributed by atoms with Crippen molar-refractivity contribution in [2.45, 2.75) is 44.4 Å². The van der Waals surface area contributed by atoms with Gasteiger partial charge in [-0.05, 0) is 33.4 Å². The van der Waals surface area contributed by atoms with Crippen LogP contribution in [0.3, 0.4) is 0 Å². The van der Waals surface area contributed by atoms with Gasteiger partial charge in [0.25, 0.3) is 0 Å². The quantitative estimate of drug-likeness (QED) is 0.797. The number of thioether (sulfide) groups is 1. The van der Waals surface area contributed by atoms with E-state index in [1.54, 1.807) is 11.8 Å². The molecule has 88 valence electrons. The molecule has 1 unspecified atom stereocenters. The molecule has 0 aliphatic carbocycles. The Hall–Kier alpha value is -0.220. The maximum Gasteiger partial charge on any atom is 0.243 e. The number of carbonyl (C=O) groups is 1. The van der Waals surface area contributed by atoms with Crippen molar-refractivity contribution in [1.29, 1.82) is 0 Å². The van der Waals surface area contributed by atoms with E-state index in [-0.39, 0.29) is 16.2 Å². The fraction of sp³-hybridized carbons (Fsp3) is 0.909. The average Bonchev–Trinajstić information content (AvgIpc) is 2.47. The Morgan fingerprint density at radius 1 is 1.60 bits per heavy atom. The predicted molar refractivity (Wildman–Crippen MR) is 66.0 cm³/mol. The normalized spacial score (nSPS) is 27.5. The molecule has 1 rings (SSSR count). The number of hydrogen-bond donors (Lipinski definition) is 1. The molecule has 0 spiro atoms. The largest absolute Gasteiger partial charge is 0.327 e. The van der Waals surface area contributed by atoms with Crippen molar-refractivity contribution < 1.29 is 4.79 Å². The maximum atomic E-state index is 12.1. The van der Waals surface area contributed by atoms with Gasteiger partial charge in [0.15, 0.2) is 0 Å². The number of hydrogen-bond acceptors (Lipinski definition) is 3. The van der Waals surface area contributed by atoms with Gasteiger partial charge in [-0.2, -0.15) is 11.8 Å². The van der Waals surface area contributed by atoms with Crippen LogP contribution in [-0.4, -0.2) is 40.6 Å². The monoisotopic (exact) mass is 230 g/mol. The summed E-state index contributed by atoms with van der Waals surface area (Å²) in [6, 6.07) is 0. The first-order valence-electron chi connectivity index (χ1n) is 5.44. The van der Waals surface area contributed by atoms with E-state index in [1.807, 2.05) is 18.7 Å². The highest BCUT2D eigenvalue weighted by Crippen LogP contribution is 2.26. The first-order chi connectivity index (χ1) is 6.84. The highest BCUT2D eigenvalue weighted by atomic mass is 32.2. The molecular weight excluding hydrogens is 208 g/mol. The van der Waals surface area contributed by atoms with Crippen LogP contribution in [0.5, 0.6) is 0 Å². The molecule has 0 aromatic heterocycles. The summed E-state index contributed by atoms with van der Waals surface area (Å²) >= 11 is 1.80. The Labute approximate surface area is 97.0 Å². The van der Waals surface area contributed by atoms with Gasteiger partial charge >= 0.3 is 0 Å². The van der Waals surface area contributed by atoms with Gasteiger partial charge in [-0.1, -0.05) is 6.92 Å². The van der Waals surface area contributed by atoms with Crippen LogP contribution in [0, 0.1) is 0 Å². The van der Waals surface area contributed by atoms with Gasteiger partial charge in [-0.3, -0.25) is 10.1 Å². The van der Waals surface area contributed by atoms with Gasteiger partial charge in [-0.25, -0.2) is 0 Å². The molecule has 4 heteroatoms. The van der Waals surface area contributed by atoms with Crippen LogP contribution in [0.1, 0.15) is 34.1 Å². The van der Waals surface area contributed by atoms with E-state index in [0.717, 1.165) is 13.0 Å². The molecule has 3 nitrogen and oxygen atoms in total. The van der Waals surface area contributed by atoms with Crippen molar-refractivity contribution in [3.8, 4) is 0 Å². The van der Waals surface area contributed by atoms with Crippen LogP contribution >= 0.6 is 11.8 Å². The third-order valence-electron chi connectivity index (χ3n) is 3.25. The molecule has 0 aromatic rings. The lowest BCUT2D eigenvalue weighted by atomic mass is 9.99. The summed E-state index contributed by atoms with van der Waals surface area (Å²) in [7, 11) is 0. The van der Waals surface area contributed by atoms with Gasteiger partial charge in [-0.15, -0.1) is 0 Å². The molecule has 1 aliphatic rings. The summed E-state index contributed by atoms with van der Waals surface area (Å²) in [6.07, 6.45) is 2.94. The van der Waals surface area contributed by atoms with Crippen LogP contribution in [0.25, 0.3) is 0 Å². The van der Waals surface area contributed by atoms with Crippen LogP contribution in [0.15, 0.2) is 0 Å². The lowest BCUT2D eigenvalue weighted by Crippen LogP contribution is -2.44. The van der Waals surface area contributed by atoms with Crippen LogP contribution in [0.2, 0.25) is 0 Å². The lowest BCUT2D eigenvalue weighted by Gasteiger charge is -2.29. The summed E-state index contributed by atoms with van der Waals surface area (Å²) in [5.74, 6) is 0.243. The fourth-order valence-corrected chi connectivity index (χ4v) is 1.98. The molecule has 1 aliphatic heterocycles. The number of nitrogens with one attached hydrogen (secondary N) is 1. The van der Waals surface area contributed by atoms with E-state index in [0.29, 0.717) is 6.67 Å². The molecule has 1 amide bonds. The number of amides is 1. The van der Waals surface area contributed by atoms with E-state index in [2.05, 4.69) is 25.4 Å². The van der Waals surface area contributed by atoms with Crippen molar-refractivity contribution >= 4 is 17.7 Å². The number of nitrogens with zero attached hydrogens (tertiary/aromatic N) is 1. The Morgan fingerprint density at radius 3 is 2.60 bits per heavy atom. The summed E-state index contributed by atoms with van der Waals surface area (Å²) in [5.41, 5.74) is -0.339. The Balaban J connectivity index is 2.65. The topological polar surface area (TPSA) is 32.3 Å². The van der Waals surface area contributed by atoms with E-state index in [1.165, 1.54) is 0 Å². The SMILES string of the molecule is CCC1(C)NCN(CC(C)(C)SC)C1=O. The van der Waals surface area contributed by atoms with Crippen LogP contribution in [0.4, 0.5) is 0 Å². The summed E-state index contributed by atoms with van der Waals surface area (Å²) < 4.78 is 0.135. The first kappa shape index (κ1) is 12.8. The predicted octanol–water partition coefficient (Wildman–Crippen LogP) is 1.69. The zero-order valence-electron chi connectivity index (χ0n) is 10.4. The molecule has 15 heavy (non-hydrogen) atoms. The lowest BCUT2D eigenvalue weighted by molar-refractivity contribution is -0.132. The molecule has 1 saturated heterocycles. The second kappa shape index (κ2) is 4.34. The van der Waals surface area contributed by atoms with E-state index < -0.39 is 0 Å². The van der Waals surface area contributed by atoms with E-state index >= 15 is 0 Å². The number of carbonyl (C=O) groups excluding carboxylic acids is 1. The van der Waals surface area contributed by atoms with E-state index in [9.17, 15) is 4.79 Å². The average molecular weight is 230 g/mol. The molecule has 1 heterocycles. The van der Waals surface area contributed by atoms with Crippen molar-refractivity contribution in [3.05, 3.63) is 0 Å². The Morgan fingerprint density at radius 2 is 2.20 bits per heavy atom. The van der Waals surface area contributed by atoms with Crippen molar-refractivity contribution in [2.75, 3.05) is 19.5 Å². The van der Waals surface area contributed by atoms with Gasteiger partial charge in [0.2, 0.25) is 5.91 Å². The second-order valence-corrected chi connectivity index (χ2v) is 6.50. The molecule has 1 fully saturated rings. The molecule has 1 N–H and O–H groups in total. The summed E-state index contributed by atoms with van der Waals surface area (Å²) in [5, 5.41) is 3.30. The van der Waals surface area contributed by atoms with Crippen LogP contribution in [-0.2, 0) is 4.79 Å². The Kier molecular flexibility index (Phi) is 3.71. The zero-order chi connectivity index (χ0) is 11.7. The minimum Gasteiger partial charge on any atom is -0.327 e. The highest BCUT2D eigenvalue weighted by Gasteiger charge is 2.42.